The van der Waals surface area contributed by atoms with Gasteiger partial charge in [-0.05, 0) is 11.4 Å². The molecule has 2 rings (SSSR count). The standard InChI is InChI=1S/C11H16N2O2S/c1-12-11(14)10-8-13(4-5-15-10)7-9-3-2-6-16-9/h2-3,6,10H,4-5,7-8H2,1H3,(H,12,14). The quantitative estimate of drug-likeness (QED) is 0.845. The molecule has 0 saturated carbocycles. The third kappa shape index (κ3) is 2.81. The van der Waals surface area contributed by atoms with Crippen LogP contribution in [0.5, 0.6) is 0 Å². The summed E-state index contributed by atoms with van der Waals surface area (Å²) in [7, 11) is 1.64. The average molecular weight is 240 g/mol. The molecule has 0 spiro atoms. The molecule has 1 saturated heterocycles. The number of hydrogen-bond donors (Lipinski definition) is 1. The number of thiophene rings is 1. The van der Waals surface area contributed by atoms with E-state index in [9.17, 15) is 4.79 Å². The van der Waals surface area contributed by atoms with Crippen LogP contribution in [-0.4, -0.2) is 43.7 Å². The van der Waals surface area contributed by atoms with Crippen LogP contribution in [0, 0.1) is 0 Å². The highest BCUT2D eigenvalue weighted by Gasteiger charge is 2.25. The van der Waals surface area contributed by atoms with Gasteiger partial charge in [-0.25, -0.2) is 0 Å². The van der Waals surface area contributed by atoms with Gasteiger partial charge in [0.05, 0.1) is 6.61 Å². The van der Waals surface area contributed by atoms with Crippen molar-refractivity contribution >= 4 is 17.2 Å². The minimum atomic E-state index is -0.321. The number of hydrogen-bond acceptors (Lipinski definition) is 4. The summed E-state index contributed by atoms with van der Waals surface area (Å²) in [5.41, 5.74) is 0. The summed E-state index contributed by atoms with van der Waals surface area (Å²) in [5.74, 6) is -0.0316. The Kier molecular flexibility index (Phi) is 3.93. The normalized spacial score (nSPS) is 21.9. The van der Waals surface area contributed by atoms with Crippen molar-refractivity contribution in [3.63, 3.8) is 0 Å². The van der Waals surface area contributed by atoms with E-state index in [-0.39, 0.29) is 12.0 Å². The lowest BCUT2D eigenvalue weighted by Crippen LogP contribution is -2.48. The number of rotatable bonds is 3. The van der Waals surface area contributed by atoms with Gasteiger partial charge < -0.3 is 10.1 Å². The number of nitrogens with one attached hydrogen (secondary N) is 1. The molecule has 0 aromatic carbocycles. The van der Waals surface area contributed by atoms with Crippen molar-refractivity contribution < 1.29 is 9.53 Å². The van der Waals surface area contributed by atoms with Gasteiger partial charge in [-0.2, -0.15) is 0 Å². The molecular formula is C11H16N2O2S. The van der Waals surface area contributed by atoms with Gasteiger partial charge >= 0.3 is 0 Å². The van der Waals surface area contributed by atoms with Crippen LogP contribution in [0.25, 0.3) is 0 Å². The van der Waals surface area contributed by atoms with Gasteiger partial charge in [0.2, 0.25) is 5.91 Å². The minimum Gasteiger partial charge on any atom is -0.366 e. The van der Waals surface area contributed by atoms with Crippen LogP contribution in [0.4, 0.5) is 0 Å². The van der Waals surface area contributed by atoms with Crippen LogP contribution in [0.3, 0.4) is 0 Å². The smallest absolute Gasteiger partial charge is 0.250 e. The molecule has 88 valence electrons. The molecule has 16 heavy (non-hydrogen) atoms. The van der Waals surface area contributed by atoms with E-state index >= 15 is 0 Å². The maximum atomic E-state index is 11.5. The van der Waals surface area contributed by atoms with Gasteiger partial charge in [0, 0.05) is 31.6 Å². The fourth-order valence-corrected chi connectivity index (χ4v) is 2.53. The molecule has 4 nitrogen and oxygen atoms in total. The van der Waals surface area contributed by atoms with Gasteiger partial charge in [0.1, 0.15) is 6.10 Å². The first-order valence-electron chi connectivity index (χ1n) is 5.37. The van der Waals surface area contributed by atoms with E-state index in [1.807, 2.05) is 0 Å². The topological polar surface area (TPSA) is 41.6 Å². The van der Waals surface area contributed by atoms with Gasteiger partial charge in [0.15, 0.2) is 0 Å². The molecule has 5 heteroatoms. The molecule has 1 unspecified atom stereocenters. The van der Waals surface area contributed by atoms with Gasteiger partial charge in [-0.3, -0.25) is 9.69 Å². The first-order valence-corrected chi connectivity index (χ1v) is 6.25. The molecule has 1 aromatic heterocycles. The summed E-state index contributed by atoms with van der Waals surface area (Å²) in [6.07, 6.45) is -0.321. The Hall–Kier alpha value is -0.910. The zero-order valence-electron chi connectivity index (χ0n) is 9.31. The second-order valence-electron chi connectivity index (χ2n) is 3.79. The molecule has 1 amide bonds. The zero-order valence-corrected chi connectivity index (χ0v) is 10.1. The lowest BCUT2D eigenvalue weighted by atomic mass is 10.2. The average Bonchev–Trinajstić information content (AvgIpc) is 2.81. The van der Waals surface area contributed by atoms with Crippen molar-refractivity contribution in [2.45, 2.75) is 12.6 Å². The number of amides is 1. The SMILES string of the molecule is CNC(=O)C1CN(Cc2cccs2)CCO1. The number of carbonyl (C=O) groups excluding carboxylic acids is 1. The maximum absolute atomic E-state index is 11.5. The monoisotopic (exact) mass is 240 g/mol. The summed E-state index contributed by atoms with van der Waals surface area (Å²) in [5, 5.41) is 4.70. The molecule has 1 fully saturated rings. The summed E-state index contributed by atoms with van der Waals surface area (Å²) in [6.45, 7) is 3.11. The second kappa shape index (κ2) is 5.43. The third-order valence-electron chi connectivity index (χ3n) is 2.65. The Balaban J connectivity index is 1.89. The van der Waals surface area contributed by atoms with E-state index < -0.39 is 0 Å². The first-order chi connectivity index (χ1) is 7.79. The van der Waals surface area contributed by atoms with Gasteiger partial charge in [0.25, 0.3) is 0 Å². The Morgan fingerprint density at radius 3 is 3.31 bits per heavy atom. The van der Waals surface area contributed by atoms with E-state index in [4.69, 9.17) is 4.74 Å². The summed E-state index contributed by atoms with van der Waals surface area (Å²) in [6, 6.07) is 4.17. The first kappa shape index (κ1) is 11.6. The molecule has 0 aliphatic carbocycles. The maximum Gasteiger partial charge on any atom is 0.250 e. The Morgan fingerprint density at radius 2 is 2.62 bits per heavy atom. The molecule has 1 N–H and O–H groups in total. The highest BCUT2D eigenvalue weighted by molar-refractivity contribution is 7.09. The number of carbonyl (C=O) groups is 1. The van der Waals surface area contributed by atoms with Gasteiger partial charge in [-0.1, -0.05) is 6.07 Å². The molecule has 1 atom stereocenters. The molecule has 0 bridgehead atoms. The Labute approximate surface area is 99.2 Å². The van der Waals surface area contributed by atoms with E-state index in [1.165, 1.54) is 4.88 Å². The number of morpholine rings is 1. The second-order valence-corrected chi connectivity index (χ2v) is 4.82. The van der Waals surface area contributed by atoms with E-state index in [0.717, 1.165) is 13.1 Å². The van der Waals surface area contributed by atoms with Crippen LogP contribution in [0.2, 0.25) is 0 Å². The van der Waals surface area contributed by atoms with Crippen LogP contribution in [0.1, 0.15) is 4.88 Å². The van der Waals surface area contributed by atoms with Crippen molar-refractivity contribution in [2.24, 2.45) is 0 Å². The number of ether oxygens (including phenoxy) is 1. The summed E-state index contributed by atoms with van der Waals surface area (Å²) in [4.78, 5) is 15.0. The zero-order chi connectivity index (χ0) is 11.4. The Bertz CT molecular complexity index is 340. The summed E-state index contributed by atoms with van der Waals surface area (Å²) >= 11 is 1.75. The predicted octanol–water partition coefficient (Wildman–Crippen LogP) is 0.695. The highest BCUT2D eigenvalue weighted by Crippen LogP contribution is 2.14. The largest absolute Gasteiger partial charge is 0.366 e. The van der Waals surface area contributed by atoms with Crippen LogP contribution in [0.15, 0.2) is 17.5 Å². The van der Waals surface area contributed by atoms with Crippen LogP contribution in [-0.2, 0) is 16.1 Å². The lowest BCUT2D eigenvalue weighted by molar-refractivity contribution is -0.138. The van der Waals surface area contributed by atoms with E-state index in [2.05, 4.69) is 27.7 Å². The molecule has 2 heterocycles. The third-order valence-corrected chi connectivity index (χ3v) is 3.51. The van der Waals surface area contributed by atoms with E-state index in [0.29, 0.717) is 13.2 Å². The lowest BCUT2D eigenvalue weighted by Gasteiger charge is -2.31. The van der Waals surface area contributed by atoms with Crippen molar-refractivity contribution in [3.05, 3.63) is 22.4 Å². The molecular weight excluding hydrogens is 224 g/mol. The van der Waals surface area contributed by atoms with Crippen molar-refractivity contribution in [1.82, 2.24) is 10.2 Å². The molecule has 1 aliphatic heterocycles. The van der Waals surface area contributed by atoms with Crippen LogP contribution >= 0.6 is 11.3 Å². The molecule has 0 radical (unpaired) electrons. The number of nitrogens with zero attached hydrogens (tertiary/aromatic N) is 1. The van der Waals surface area contributed by atoms with Crippen molar-refractivity contribution in [1.29, 1.82) is 0 Å². The molecule has 1 aliphatic rings. The highest BCUT2D eigenvalue weighted by atomic mass is 32.1. The van der Waals surface area contributed by atoms with E-state index in [1.54, 1.807) is 18.4 Å². The van der Waals surface area contributed by atoms with Crippen molar-refractivity contribution in [2.75, 3.05) is 26.7 Å². The summed E-state index contributed by atoms with van der Waals surface area (Å²) < 4.78 is 5.43. The predicted molar refractivity (Wildman–Crippen MR) is 63.4 cm³/mol. The fourth-order valence-electron chi connectivity index (χ4n) is 1.79. The molecule has 1 aromatic rings. The van der Waals surface area contributed by atoms with Gasteiger partial charge in [-0.15, -0.1) is 11.3 Å². The number of likely N-dealkylation sites (N-methyl/N-ethyl adjacent to an activating group) is 1. The van der Waals surface area contributed by atoms with Crippen molar-refractivity contribution in [3.8, 4) is 0 Å². The minimum absolute atomic E-state index is 0.0316. The fraction of sp³-hybridized carbons (Fsp3) is 0.545. The Morgan fingerprint density at radius 1 is 1.75 bits per heavy atom. The van der Waals surface area contributed by atoms with Crippen LogP contribution < -0.4 is 5.32 Å².